The van der Waals surface area contributed by atoms with Crippen molar-refractivity contribution in [1.29, 1.82) is 0 Å². The molecule has 2 aromatic heterocycles. The van der Waals surface area contributed by atoms with Gasteiger partial charge in [-0.15, -0.1) is 5.10 Å². The van der Waals surface area contributed by atoms with Gasteiger partial charge in [0.05, 0.1) is 17.3 Å². The summed E-state index contributed by atoms with van der Waals surface area (Å²) in [5.74, 6) is 0.140. The van der Waals surface area contributed by atoms with Crippen LogP contribution in [-0.4, -0.2) is 24.9 Å². The highest BCUT2D eigenvalue weighted by Crippen LogP contribution is 2.23. The molecular weight excluding hydrogens is 266 g/mol. The molecule has 0 radical (unpaired) electrons. The average Bonchev–Trinajstić information content (AvgIpc) is 2.70. The lowest BCUT2D eigenvalue weighted by Crippen LogP contribution is -2.03. The fourth-order valence-electron chi connectivity index (χ4n) is 1.05. The highest BCUT2D eigenvalue weighted by Gasteiger charge is 2.17. The van der Waals surface area contributed by atoms with E-state index in [4.69, 9.17) is 0 Å². The highest BCUT2D eigenvalue weighted by molar-refractivity contribution is 9.10. The summed E-state index contributed by atoms with van der Waals surface area (Å²) in [6.45, 7) is 0. The Morgan fingerprint density at radius 1 is 1.53 bits per heavy atom. The Labute approximate surface area is 92.0 Å². The van der Waals surface area contributed by atoms with Gasteiger partial charge in [0, 0.05) is 16.7 Å². The SMILES string of the molecule is O=[N+]([O-])c1cc(Br)cnc1-n1ccnn1. The van der Waals surface area contributed by atoms with Gasteiger partial charge in [-0.2, -0.15) is 4.68 Å². The number of nitrogens with zero attached hydrogens (tertiary/aromatic N) is 5. The van der Waals surface area contributed by atoms with Crippen LogP contribution in [0.5, 0.6) is 0 Å². The Hall–Kier alpha value is -1.83. The van der Waals surface area contributed by atoms with E-state index in [0.717, 1.165) is 0 Å². The van der Waals surface area contributed by atoms with Crippen molar-refractivity contribution in [3.63, 3.8) is 0 Å². The number of aromatic nitrogens is 4. The molecule has 2 aromatic rings. The van der Waals surface area contributed by atoms with E-state index in [1.165, 1.54) is 29.3 Å². The van der Waals surface area contributed by atoms with E-state index < -0.39 is 4.92 Å². The number of rotatable bonds is 2. The molecule has 0 fully saturated rings. The molecule has 0 aliphatic carbocycles. The third kappa shape index (κ3) is 1.84. The maximum Gasteiger partial charge on any atom is 0.314 e. The zero-order chi connectivity index (χ0) is 10.8. The molecule has 0 atom stereocenters. The first-order valence-corrected chi connectivity index (χ1v) is 4.64. The van der Waals surface area contributed by atoms with Crippen LogP contribution in [0.3, 0.4) is 0 Å². The average molecular weight is 270 g/mol. The lowest BCUT2D eigenvalue weighted by atomic mass is 10.4. The molecular formula is C7H4BrN5O2. The molecule has 0 aliphatic rings. The van der Waals surface area contributed by atoms with Crippen molar-refractivity contribution in [2.24, 2.45) is 0 Å². The molecule has 0 amide bonds. The Morgan fingerprint density at radius 2 is 2.33 bits per heavy atom. The molecule has 8 heteroatoms. The predicted molar refractivity (Wildman–Crippen MR) is 53.5 cm³/mol. The van der Waals surface area contributed by atoms with Gasteiger partial charge in [0.25, 0.3) is 0 Å². The molecule has 0 bridgehead atoms. The fourth-order valence-corrected chi connectivity index (χ4v) is 1.37. The lowest BCUT2D eigenvalue weighted by Gasteiger charge is -2.00. The van der Waals surface area contributed by atoms with Crippen LogP contribution in [0.2, 0.25) is 0 Å². The zero-order valence-electron chi connectivity index (χ0n) is 7.24. The highest BCUT2D eigenvalue weighted by atomic mass is 79.9. The van der Waals surface area contributed by atoms with Crippen molar-refractivity contribution < 1.29 is 4.92 Å². The number of pyridine rings is 1. The van der Waals surface area contributed by atoms with Crippen LogP contribution in [0.15, 0.2) is 29.1 Å². The van der Waals surface area contributed by atoms with Crippen LogP contribution in [-0.2, 0) is 0 Å². The van der Waals surface area contributed by atoms with Gasteiger partial charge < -0.3 is 0 Å². The summed E-state index contributed by atoms with van der Waals surface area (Å²) in [6, 6.07) is 1.37. The summed E-state index contributed by atoms with van der Waals surface area (Å²) in [5.41, 5.74) is -0.130. The smallest absolute Gasteiger partial charge is 0.258 e. The van der Waals surface area contributed by atoms with Gasteiger partial charge in [-0.3, -0.25) is 10.1 Å². The second kappa shape index (κ2) is 3.73. The molecule has 0 aliphatic heterocycles. The monoisotopic (exact) mass is 269 g/mol. The summed E-state index contributed by atoms with van der Waals surface area (Å²) in [7, 11) is 0. The quantitative estimate of drug-likeness (QED) is 0.606. The molecule has 0 aromatic carbocycles. The van der Waals surface area contributed by atoms with E-state index in [9.17, 15) is 10.1 Å². The summed E-state index contributed by atoms with van der Waals surface area (Å²) >= 11 is 3.12. The molecule has 0 spiro atoms. The standard InChI is InChI=1S/C7H4BrN5O2/c8-5-3-6(13(14)15)7(9-4-5)12-2-1-10-11-12/h1-4H. The van der Waals surface area contributed by atoms with E-state index >= 15 is 0 Å². The van der Waals surface area contributed by atoms with Crippen LogP contribution in [0.4, 0.5) is 5.69 Å². The first-order valence-electron chi connectivity index (χ1n) is 3.85. The van der Waals surface area contributed by atoms with Crippen LogP contribution >= 0.6 is 15.9 Å². The molecule has 0 N–H and O–H groups in total. The number of halogens is 1. The van der Waals surface area contributed by atoms with Crippen molar-refractivity contribution in [3.05, 3.63) is 39.2 Å². The largest absolute Gasteiger partial charge is 0.314 e. The first-order chi connectivity index (χ1) is 7.18. The maximum atomic E-state index is 10.8. The van der Waals surface area contributed by atoms with Crippen molar-refractivity contribution in [2.45, 2.75) is 0 Å². The van der Waals surface area contributed by atoms with E-state index in [-0.39, 0.29) is 11.5 Å². The molecule has 76 valence electrons. The van der Waals surface area contributed by atoms with Crippen molar-refractivity contribution >= 4 is 21.6 Å². The van der Waals surface area contributed by atoms with Crippen LogP contribution in [0, 0.1) is 10.1 Å². The number of nitro groups is 1. The van der Waals surface area contributed by atoms with E-state index in [1.807, 2.05) is 0 Å². The summed E-state index contributed by atoms with van der Waals surface area (Å²) in [4.78, 5) is 14.1. The molecule has 15 heavy (non-hydrogen) atoms. The summed E-state index contributed by atoms with van der Waals surface area (Å²) in [5, 5.41) is 18.0. The third-order valence-electron chi connectivity index (χ3n) is 1.65. The summed E-state index contributed by atoms with van der Waals surface area (Å²) in [6.07, 6.45) is 4.38. The van der Waals surface area contributed by atoms with E-state index in [1.54, 1.807) is 0 Å². The van der Waals surface area contributed by atoms with Crippen LogP contribution in [0.25, 0.3) is 5.82 Å². The van der Waals surface area contributed by atoms with Gasteiger partial charge >= 0.3 is 5.69 Å². The lowest BCUT2D eigenvalue weighted by molar-refractivity contribution is -0.385. The molecule has 2 heterocycles. The molecule has 7 nitrogen and oxygen atoms in total. The van der Waals surface area contributed by atoms with Crippen molar-refractivity contribution in [2.75, 3.05) is 0 Å². The Bertz CT molecular complexity index is 498. The molecule has 2 rings (SSSR count). The van der Waals surface area contributed by atoms with Gasteiger partial charge in [-0.25, -0.2) is 4.98 Å². The Balaban J connectivity index is 2.61. The van der Waals surface area contributed by atoms with Crippen LogP contribution < -0.4 is 0 Å². The van der Waals surface area contributed by atoms with Gasteiger partial charge in [0.2, 0.25) is 5.82 Å². The van der Waals surface area contributed by atoms with Crippen LogP contribution in [0.1, 0.15) is 0 Å². The van der Waals surface area contributed by atoms with Gasteiger partial charge in [-0.1, -0.05) is 5.21 Å². The van der Waals surface area contributed by atoms with Gasteiger partial charge in [0.15, 0.2) is 0 Å². The Kier molecular flexibility index (Phi) is 2.42. The minimum Gasteiger partial charge on any atom is -0.258 e. The molecule has 0 saturated heterocycles. The minimum absolute atomic E-state index is 0.130. The molecule has 0 saturated carbocycles. The van der Waals surface area contributed by atoms with Gasteiger partial charge in [0.1, 0.15) is 0 Å². The molecule has 0 unspecified atom stereocenters. The van der Waals surface area contributed by atoms with Crippen molar-refractivity contribution in [1.82, 2.24) is 20.0 Å². The van der Waals surface area contributed by atoms with Gasteiger partial charge in [-0.05, 0) is 15.9 Å². The number of hydrogen-bond acceptors (Lipinski definition) is 5. The Morgan fingerprint density at radius 3 is 2.93 bits per heavy atom. The van der Waals surface area contributed by atoms with E-state index in [0.29, 0.717) is 4.47 Å². The van der Waals surface area contributed by atoms with Crippen molar-refractivity contribution in [3.8, 4) is 5.82 Å². The minimum atomic E-state index is -0.519. The number of hydrogen-bond donors (Lipinski definition) is 0. The maximum absolute atomic E-state index is 10.8. The second-order valence-corrected chi connectivity index (χ2v) is 3.52. The predicted octanol–water partition coefficient (Wildman–Crippen LogP) is 1.33. The summed E-state index contributed by atoms with van der Waals surface area (Å²) < 4.78 is 1.78. The topological polar surface area (TPSA) is 86.7 Å². The zero-order valence-corrected chi connectivity index (χ0v) is 8.83. The fraction of sp³-hybridized carbons (Fsp3) is 0. The first kappa shape index (κ1) is 9.71. The third-order valence-corrected chi connectivity index (χ3v) is 2.08. The normalized spacial score (nSPS) is 10.2. The second-order valence-electron chi connectivity index (χ2n) is 2.60. The van der Waals surface area contributed by atoms with E-state index in [2.05, 4.69) is 31.2 Å².